The number of primary amides is 1. The number of rotatable bonds is 8. The van der Waals surface area contributed by atoms with Crippen LogP contribution in [-0.4, -0.2) is 37.9 Å². The Labute approximate surface area is 184 Å². The van der Waals surface area contributed by atoms with E-state index in [1.807, 2.05) is 12.1 Å². The van der Waals surface area contributed by atoms with E-state index < -0.39 is 5.91 Å². The summed E-state index contributed by atoms with van der Waals surface area (Å²) >= 11 is 0. The number of guanidine groups is 1. The van der Waals surface area contributed by atoms with Gasteiger partial charge in [0.1, 0.15) is 0 Å². The summed E-state index contributed by atoms with van der Waals surface area (Å²) in [5, 5.41) is 9.05. The van der Waals surface area contributed by atoms with Crippen molar-refractivity contribution in [3.8, 4) is 0 Å². The van der Waals surface area contributed by atoms with Crippen LogP contribution in [0.1, 0.15) is 47.8 Å². The van der Waals surface area contributed by atoms with Gasteiger partial charge in [0, 0.05) is 25.7 Å². The molecule has 2 aromatic rings. The third kappa shape index (κ3) is 8.12. The number of nitrogens with one attached hydrogen (secondary N) is 3. The molecule has 5 N–H and O–H groups in total. The van der Waals surface area contributed by atoms with Crippen molar-refractivity contribution in [2.45, 2.75) is 39.2 Å². The smallest absolute Gasteiger partial charge is 0.251 e. The van der Waals surface area contributed by atoms with Gasteiger partial charge in [0.25, 0.3) is 5.91 Å². The first kappa shape index (κ1) is 23.9. The highest BCUT2D eigenvalue weighted by molar-refractivity contribution is 5.96. The Bertz CT molecular complexity index is 897. The molecular formula is C24H33N5O2. The number of aliphatic imine (C=N–C) groups is 1. The molecule has 0 unspecified atom stereocenters. The third-order valence-electron chi connectivity index (χ3n) is 4.85. The zero-order valence-corrected chi connectivity index (χ0v) is 18.8. The molecule has 0 aliphatic carbocycles. The second-order valence-corrected chi connectivity index (χ2v) is 8.40. The maximum Gasteiger partial charge on any atom is 0.251 e. The van der Waals surface area contributed by atoms with Crippen LogP contribution in [0.2, 0.25) is 0 Å². The molecule has 7 heteroatoms. The van der Waals surface area contributed by atoms with Crippen molar-refractivity contribution < 1.29 is 9.59 Å². The van der Waals surface area contributed by atoms with Gasteiger partial charge in [-0.1, -0.05) is 57.2 Å². The zero-order chi connectivity index (χ0) is 22.9. The van der Waals surface area contributed by atoms with Crippen LogP contribution in [0.15, 0.2) is 53.5 Å². The number of nitrogens with two attached hydrogens (primary N) is 1. The maximum atomic E-state index is 11.9. The molecule has 2 amide bonds. The summed E-state index contributed by atoms with van der Waals surface area (Å²) in [6.07, 6.45) is 0.903. The number of hydrogen-bond acceptors (Lipinski definition) is 3. The number of carbonyl (C=O) groups excluding carboxylic acids is 2. The van der Waals surface area contributed by atoms with E-state index in [1.165, 1.54) is 11.1 Å². The molecule has 0 aliphatic heterocycles. The van der Waals surface area contributed by atoms with Gasteiger partial charge >= 0.3 is 0 Å². The minimum absolute atomic E-state index is 0.161. The molecule has 0 saturated carbocycles. The third-order valence-corrected chi connectivity index (χ3v) is 4.85. The Kier molecular flexibility index (Phi) is 8.61. The highest BCUT2D eigenvalue weighted by Gasteiger charge is 2.12. The zero-order valence-electron chi connectivity index (χ0n) is 18.8. The van der Waals surface area contributed by atoms with Crippen molar-refractivity contribution in [1.82, 2.24) is 16.0 Å². The summed E-state index contributed by atoms with van der Waals surface area (Å²) in [6.45, 7) is 7.81. The average molecular weight is 424 g/mol. The molecule has 2 rings (SSSR count). The molecule has 0 heterocycles. The van der Waals surface area contributed by atoms with Crippen molar-refractivity contribution in [2.75, 3.05) is 20.1 Å². The van der Waals surface area contributed by atoms with Gasteiger partial charge < -0.3 is 21.7 Å². The molecule has 0 aromatic heterocycles. The summed E-state index contributed by atoms with van der Waals surface area (Å²) in [7, 11) is 1.74. The van der Waals surface area contributed by atoms with E-state index in [0.29, 0.717) is 12.1 Å². The largest absolute Gasteiger partial charge is 0.368 e. The first-order chi connectivity index (χ1) is 14.7. The van der Waals surface area contributed by atoms with E-state index in [9.17, 15) is 9.59 Å². The molecule has 0 saturated heterocycles. The van der Waals surface area contributed by atoms with E-state index in [4.69, 9.17) is 5.73 Å². The normalized spacial score (nSPS) is 11.7. The highest BCUT2D eigenvalue weighted by Crippen LogP contribution is 2.22. The summed E-state index contributed by atoms with van der Waals surface area (Å²) < 4.78 is 0. The van der Waals surface area contributed by atoms with Gasteiger partial charge in [-0.05, 0) is 40.7 Å². The van der Waals surface area contributed by atoms with Gasteiger partial charge in [0.05, 0.1) is 6.54 Å². The topological polar surface area (TPSA) is 109 Å². The lowest BCUT2D eigenvalue weighted by atomic mass is 9.86. The van der Waals surface area contributed by atoms with Gasteiger partial charge in [-0.3, -0.25) is 14.6 Å². The molecule has 0 aliphatic rings. The van der Waals surface area contributed by atoms with Gasteiger partial charge in [0.15, 0.2) is 5.96 Å². The molecule has 0 bridgehead atoms. The van der Waals surface area contributed by atoms with Crippen LogP contribution in [0, 0.1) is 0 Å². The van der Waals surface area contributed by atoms with E-state index in [2.05, 4.69) is 66.0 Å². The predicted octanol–water partition coefficient (Wildman–Crippen LogP) is 2.11. The lowest BCUT2D eigenvalue weighted by molar-refractivity contribution is -0.117. The van der Waals surface area contributed by atoms with Crippen LogP contribution >= 0.6 is 0 Å². The van der Waals surface area contributed by atoms with Crippen molar-refractivity contribution >= 4 is 17.8 Å². The maximum absolute atomic E-state index is 11.9. The fourth-order valence-corrected chi connectivity index (χ4v) is 2.95. The predicted molar refractivity (Wildman–Crippen MR) is 125 cm³/mol. The molecule has 7 nitrogen and oxygen atoms in total. The van der Waals surface area contributed by atoms with Crippen LogP contribution in [-0.2, 0) is 23.2 Å². The SMILES string of the molecule is CN=C(NCCc1ccc(C(C)(C)C)cc1)NCc1ccc(C(=O)NCC(N)=O)cc1. The Morgan fingerprint density at radius 3 is 2.06 bits per heavy atom. The molecule has 2 aromatic carbocycles. The minimum atomic E-state index is -0.574. The Morgan fingerprint density at radius 1 is 0.903 bits per heavy atom. The van der Waals surface area contributed by atoms with Crippen LogP contribution in [0.4, 0.5) is 0 Å². The average Bonchev–Trinajstić information content (AvgIpc) is 2.74. The van der Waals surface area contributed by atoms with E-state index in [0.717, 1.165) is 24.5 Å². The first-order valence-electron chi connectivity index (χ1n) is 10.4. The van der Waals surface area contributed by atoms with Gasteiger partial charge in [-0.25, -0.2) is 0 Å². The Balaban J connectivity index is 1.78. The minimum Gasteiger partial charge on any atom is -0.368 e. The van der Waals surface area contributed by atoms with Crippen LogP contribution in [0.5, 0.6) is 0 Å². The summed E-state index contributed by atoms with van der Waals surface area (Å²) in [5.74, 6) is -0.184. The molecule has 166 valence electrons. The summed E-state index contributed by atoms with van der Waals surface area (Å²) in [6, 6.07) is 15.9. The molecule has 31 heavy (non-hydrogen) atoms. The number of nitrogens with zero attached hydrogens (tertiary/aromatic N) is 1. The number of hydrogen-bond donors (Lipinski definition) is 4. The quantitative estimate of drug-likeness (QED) is 0.385. The monoisotopic (exact) mass is 423 g/mol. The first-order valence-corrected chi connectivity index (χ1v) is 10.4. The number of carbonyl (C=O) groups is 2. The summed E-state index contributed by atoms with van der Waals surface area (Å²) in [4.78, 5) is 26.9. The fraction of sp³-hybridized carbons (Fsp3) is 0.375. The molecule has 0 spiro atoms. The molecule has 0 fully saturated rings. The van der Waals surface area contributed by atoms with Crippen LogP contribution in [0.25, 0.3) is 0 Å². The standard InChI is InChI=1S/C24H33N5O2/c1-24(2,3)20-11-7-17(8-12-20)13-14-27-23(26-4)29-15-18-5-9-19(10-6-18)22(31)28-16-21(25)30/h5-12H,13-16H2,1-4H3,(H2,25,30)(H,28,31)(H2,26,27,29). The summed E-state index contributed by atoms with van der Waals surface area (Å²) in [5.41, 5.74) is 9.29. The number of benzene rings is 2. The van der Waals surface area contributed by atoms with Crippen molar-refractivity contribution in [3.63, 3.8) is 0 Å². The van der Waals surface area contributed by atoms with Crippen LogP contribution in [0.3, 0.4) is 0 Å². The Hall–Kier alpha value is -3.35. The van der Waals surface area contributed by atoms with E-state index in [1.54, 1.807) is 19.2 Å². The van der Waals surface area contributed by atoms with Crippen molar-refractivity contribution in [1.29, 1.82) is 0 Å². The van der Waals surface area contributed by atoms with Crippen molar-refractivity contribution in [2.24, 2.45) is 10.7 Å². The number of amides is 2. The van der Waals surface area contributed by atoms with E-state index >= 15 is 0 Å². The van der Waals surface area contributed by atoms with Gasteiger partial charge in [-0.15, -0.1) is 0 Å². The Morgan fingerprint density at radius 2 is 1.52 bits per heavy atom. The second kappa shape index (κ2) is 11.2. The molecular weight excluding hydrogens is 390 g/mol. The van der Waals surface area contributed by atoms with Crippen molar-refractivity contribution in [3.05, 3.63) is 70.8 Å². The molecule has 0 atom stereocenters. The fourth-order valence-electron chi connectivity index (χ4n) is 2.95. The lowest BCUT2D eigenvalue weighted by Gasteiger charge is -2.19. The van der Waals surface area contributed by atoms with E-state index in [-0.39, 0.29) is 17.9 Å². The van der Waals surface area contributed by atoms with Gasteiger partial charge in [-0.2, -0.15) is 0 Å². The van der Waals surface area contributed by atoms with Gasteiger partial charge in [0.2, 0.25) is 5.91 Å². The second-order valence-electron chi connectivity index (χ2n) is 8.40. The highest BCUT2D eigenvalue weighted by atomic mass is 16.2. The lowest BCUT2D eigenvalue weighted by Crippen LogP contribution is -2.37. The molecule has 0 radical (unpaired) electrons. The van der Waals surface area contributed by atoms with Crippen LogP contribution < -0.4 is 21.7 Å².